The van der Waals surface area contributed by atoms with Crippen LogP contribution in [0.25, 0.3) is 0 Å². The van der Waals surface area contributed by atoms with E-state index >= 15 is 0 Å². The van der Waals surface area contributed by atoms with E-state index in [0.717, 1.165) is 12.1 Å². The molecule has 1 aromatic rings. The molecule has 0 aliphatic rings. The molecule has 0 saturated heterocycles. The third-order valence-electron chi connectivity index (χ3n) is 2.71. The molecule has 0 spiro atoms. The third-order valence-corrected chi connectivity index (χ3v) is 2.71. The first-order valence-corrected chi connectivity index (χ1v) is 6.57. The lowest BCUT2D eigenvalue weighted by atomic mass is 10.2. The van der Waals surface area contributed by atoms with Crippen LogP contribution in [-0.2, 0) is 11.3 Å². The Morgan fingerprint density at radius 3 is 2.70 bits per heavy atom. The topological polar surface area (TPSA) is 53.9 Å². The standard InChI is InChI=1S/C16H22N2O2/c1-4-15(16(19)13(2)18-11-10-17-3)20-12-14-8-6-5-7-9-14/h4-9,17,19H,1,10-12H2,2-3H3/b16-15-,18-13-. The number of likely N-dealkylation sites (N-methyl/N-ethyl adjacent to an activating group) is 1. The van der Waals surface area contributed by atoms with Crippen molar-refractivity contribution in [2.45, 2.75) is 13.5 Å². The zero-order chi connectivity index (χ0) is 14.8. The molecule has 4 nitrogen and oxygen atoms in total. The van der Waals surface area contributed by atoms with Gasteiger partial charge in [-0.25, -0.2) is 0 Å². The number of nitrogens with one attached hydrogen (secondary N) is 1. The number of nitrogens with zero attached hydrogens (tertiary/aromatic N) is 1. The molecule has 20 heavy (non-hydrogen) atoms. The maximum absolute atomic E-state index is 10.1. The molecular formula is C16H22N2O2. The Hall–Kier alpha value is -2.07. The predicted octanol–water partition coefficient (Wildman–Crippen LogP) is 2.84. The number of benzene rings is 1. The van der Waals surface area contributed by atoms with Gasteiger partial charge in [-0.2, -0.15) is 0 Å². The van der Waals surface area contributed by atoms with Crippen molar-refractivity contribution in [2.75, 3.05) is 20.1 Å². The molecule has 0 radical (unpaired) electrons. The number of aliphatic hydroxyl groups excluding tert-OH is 1. The number of aliphatic imine (C=N–C) groups is 1. The van der Waals surface area contributed by atoms with Crippen LogP contribution in [0.1, 0.15) is 12.5 Å². The monoisotopic (exact) mass is 274 g/mol. The SMILES string of the molecule is C=C/C(OCc1ccccc1)=C(O)\C(C)=N/CCNC. The quantitative estimate of drug-likeness (QED) is 0.332. The lowest BCUT2D eigenvalue weighted by Gasteiger charge is -2.10. The van der Waals surface area contributed by atoms with Crippen LogP contribution in [0.5, 0.6) is 0 Å². The van der Waals surface area contributed by atoms with Gasteiger partial charge in [0.2, 0.25) is 0 Å². The number of aliphatic hydroxyl groups is 1. The summed E-state index contributed by atoms with van der Waals surface area (Å²) in [6.45, 7) is 7.17. The van der Waals surface area contributed by atoms with E-state index in [9.17, 15) is 5.11 Å². The van der Waals surface area contributed by atoms with Crippen molar-refractivity contribution in [3.05, 3.63) is 60.1 Å². The van der Waals surface area contributed by atoms with Gasteiger partial charge < -0.3 is 15.2 Å². The maximum Gasteiger partial charge on any atom is 0.178 e. The largest absolute Gasteiger partial charge is 0.503 e. The second-order valence-corrected chi connectivity index (χ2v) is 4.26. The minimum Gasteiger partial charge on any atom is -0.503 e. The van der Waals surface area contributed by atoms with Gasteiger partial charge in [0, 0.05) is 6.54 Å². The fourth-order valence-electron chi connectivity index (χ4n) is 1.55. The molecule has 0 fully saturated rings. The minimum atomic E-state index is 0.0343. The Balaban J connectivity index is 2.69. The zero-order valence-electron chi connectivity index (χ0n) is 12.1. The smallest absolute Gasteiger partial charge is 0.178 e. The summed E-state index contributed by atoms with van der Waals surface area (Å²) in [5, 5.41) is 13.1. The van der Waals surface area contributed by atoms with Gasteiger partial charge in [0.15, 0.2) is 11.5 Å². The van der Waals surface area contributed by atoms with Crippen molar-refractivity contribution in [2.24, 2.45) is 4.99 Å². The lowest BCUT2D eigenvalue weighted by molar-refractivity contribution is 0.196. The van der Waals surface area contributed by atoms with E-state index in [-0.39, 0.29) is 5.76 Å². The van der Waals surface area contributed by atoms with Crippen molar-refractivity contribution < 1.29 is 9.84 Å². The summed E-state index contributed by atoms with van der Waals surface area (Å²) in [6.07, 6.45) is 1.50. The van der Waals surface area contributed by atoms with Gasteiger partial charge in [-0.3, -0.25) is 4.99 Å². The van der Waals surface area contributed by atoms with Crippen LogP contribution in [0, 0.1) is 0 Å². The molecule has 108 valence electrons. The zero-order valence-corrected chi connectivity index (χ0v) is 12.1. The van der Waals surface area contributed by atoms with Crippen molar-refractivity contribution in [1.82, 2.24) is 5.32 Å². The summed E-state index contributed by atoms with van der Waals surface area (Å²) < 4.78 is 5.58. The normalized spacial score (nSPS) is 12.8. The fraction of sp³-hybridized carbons (Fsp3) is 0.312. The summed E-state index contributed by atoms with van der Waals surface area (Å²) in [6, 6.07) is 9.77. The highest BCUT2D eigenvalue weighted by Crippen LogP contribution is 2.11. The van der Waals surface area contributed by atoms with Gasteiger partial charge in [-0.05, 0) is 25.6 Å². The molecule has 0 atom stereocenters. The summed E-state index contributed by atoms with van der Waals surface area (Å²) >= 11 is 0. The highest BCUT2D eigenvalue weighted by Gasteiger charge is 2.07. The van der Waals surface area contributed by atoms with Crippen LogP contribution in [0.15, 0.2) is 59.5 Å². The van der Waals surface area contributed by atoms with Crippen molar-refractivity contribution in [3.63, 3.8) is 0 Å². The Labute approximate surface area is 120 Å². The average Bonchev–Trinajstić information content (AvgIpc) is 2.48. The van der Waals surface area contributed by atoms with Crippen LogP contribution in [0.3, 0.4) is 0 Å². The number of ether oxygens (including phenoxy) is 1. The Kier molecular flexibility index (Phi) is 7.14. The lowest BCUT2D eigenvalue weighted by Crippen LogP contribution is -2.12. The van der Waals surface area contributed by atoms with Gasteiger partial charge in [0.25, 0.3) is 0 Å². The maximum atomic E-state index is 10.1. The molecule has 0 heterocycles. The molecular weight excluding hydrogens is 252 g/mol. The fourth-order valence-corrected chi connectivity index (χ4v) is 1.55. The first kappa shape index (κ1) is 16.0. The van der Waals surface area contributed by atoms with Crippen molar-refractivity contribution in [1.29, 1.82) is 0 Å². The van der Waals surface area contributed by atoms with Crippen molar-refractivity contribution in [3.8, 4) is 0 Å². The molecule has 0 aromatic heterocycles. The van der Waals surface area contributed by atoms with Crippen LogP contribution in [0.2, 0.25) is 0 Å². The molecule has 1 aromatic carbocycles. The molecule has 0 amide bonds. The first-order chi connectivity index (χ1) is 9.69. The summed E-state index contributed by atoms with van der Waals surface area (Å²) in [5.74, 6) is 0.381. The highest BCUT2D eigenvalue weighted by molar-refractivity contribution is 5.96. The second kappa shape index (κ2) is 8.93. The van der Waals surface area contributed by atoms with Gasteiger partial charge >= 0.3 is 0 Å². The van der Waals surface area contributed by atoms with E-state index in [1.807, 2.05) is 37.4 Å². The molecule has 0 aliphatic heterocycles. The molecule has 0 aliphatic carbocycles. The van der Waals surface area contributed by atoms with E-state index in [0.29, 0.717) is 24.6 Å². The van der Waals surface area contributed by atoms with Gasteiger partial charge in [-0.1, -0.05) is 36.9 Å². The molecule has 0 bridgehead atoms. The van der Waals surface area contributed by atoms with Crippen molar-refractivity contribution >= 4 is 5.71 Å². The van der Waals surface area contributed by atoms with Gasteiger partial charge in [-0.15, -0.1) is 0 Å². The summed E-state index contributed by atoms with van der Waals surface area (Å²) in [5.41, 5.74) is 1.58. The van der Waals surface area contributed by atoms with Crippen LogP contribution in [-0.4, -0.2) is 31.0 Å². The molecule has 2 N–H and O–H groups in total. The van der Waals surface area contributed by atoms with Crippen LogP contribution >= 0.6 is 0 Å². The molecule has 1 rings (SSSR count). The second-order valence-electron chi connectivity index (χ2n) is 4.26. The van der Waals surface area contributed by atoms with Crippen LogP contribution in [0.4, 0.5) is 0 Å². The van der Waals surface area contributed by atoms with Gasteiger partial charge in [0.1, 0.15) is 6.61 Å². The molecule has 0 unspecified atom stereocenters. The number of hydrogen-bond donors (Lipinski definition) is 2. The third kappa shape index (κ3) is 5.28. The number of rotatable bonds is 8. The number of hydrogen-bond acceptors (Lipinski definition) is 4. The predicted molar refractivity (Wildman–Crippen MR) is 83.0 cm³/mol. The van der Waals surface area contributed by atoms with E-state index in [2.05, 4.69) is 16.9 Å². The summed E-state index contributed by atoms with van der Waals surface area (Å²) in [7, 11) is 1.86. The Bertz CT molecular complexity index is 479. The Morgan fingerprint density at radius 1 is 1.40 bits per heavy atom. The van der Waals surface area contributed by atoms with E-state index in [1.165, 1.54) is 6.08 Å². The van der Waals surface area contributed by atoms with Crippen LogP contribution < -0.4 is 5.32 Å². The molecule has 0 saturated carbocycles. The highest BCUT2D eigenvalue weighted by atomic mass is 16.5. The minimum absolute atomic E-state index is 0.0343. The average molecular weight is 274 g/mol. The van der Waals surface area contributed by atoms with E-state index in [4.69, 9.17) is 4.74 Å². The first-order valence-electron chi connectivity index (χ1n) is 6.57. The van der Waals surface area contributed by atoms with Gasteiger partial charge in [0.05, 0.1) is 12.3 Å². The molecule has 4 heteroatoms. The van der Waals surface area contributed by atoms with E-state index < -0.39 is 0 Å². The summed E-state index contributed by atoms with van der Waals surface area (Å²) in [4.78, 5) is 4.26. The Morgan fingerprint density at radius 2 is 2.10 bits per heavy atom. The van der Waals surface area contributed by atoms with E-state index in [1.54, 1.807) is 6.92 Å². The number of allylic oxidation sites excluding steroid dienone is 2.